The third kappa shape index (κ3) is 4.06. The van der Waals surface area contributed by atoms with Crippen molar-refractivity contribution in [3.05, 3.63) is 11.6 Å². The number of rotatable bonds is 5. The number of hydrogen-bond donors (Lipinski definition) is 2. The summed E-state index contributed by atoms with van der Waals surface area (Å²) in [5, 5.41) is 12.5. The molecule has 1 saturated heterocycles. The highest BCUT2D eigenvalue weighted by Crippen LogP contribution is 2.24. The van der Waals surface area contributed by atoms with Crippen LogP contribution in [0.25, 0.3) is 0 Å². The van der Waals surface area contributed by atoms with Gasteiger partial charge >= 0.3 is 6.03 Å². The summed E-state index contributed by atoms with van der Waals surface area (Å²) in [4.78, 5) is 25.2. The lowest BCUT2D eigenvalue weighted by Gasteiger charge is -2.25. The van der Waals surface area contributed by atoms with Gasteiger partial charge < -0.3 is 10.4 Å². The van der Waals surface area contributed by atoms with Gasteiger partial charge in [0.15, 0.2) is 0 Å². The van der Waals surface area contributed by atoms with Crippen LogP contribution in [-0.2, 0) is 4.79 Å². The lowest BCUT2D eigenvalue weighted by molar-refractivity contribution is -0.133. The van der Waals surface area contributed by atoms with Gasteiger partial charge in [0, 0.05) is 0 Å². The molecule has 0 aromatic carbocycles. The van der Waals surface area contributed by atoms with Gasteiger partial charge in [0.05, 0.1) is 12.1 Å². The van der Waals surface area contributed by atoms with Gasteiger partial charge in [0.2, 0.25) is 0 Å². The average molecular weight is 268 g/mol. The Morgan fingerprint density at radius 2 is 2.00 bits per heavy atom. The number of hydrogen-bond acceptors (Lipinski definition) is 3. The van der Waals surface area contributed by atoms with E-state index in [2.05, 4.69) is 5.32 Å². The molecule has 1 atom stereocenters. The second-order valence-corrected chi connectivity index (χ2v) is 6.29. The number of urea groups is 1. The molecule has 108 valence electrons. The first kappa shape index (κ1) is 15.7. The van der Waals surface area contributed by atoms with Gasteiger partial charge in [-0.15, -0.1) is 0 Å². The molecule has 0 aromatic rings. The van der Waals surface area contributed by atoms with E-state index in [4.69, 9.17) is 0 Å². The topological polar surface area (TPSA) is 69.6 Å². The van der Waals surface area contributed by atoms with Gasteiger partial charge in [0.25, 0.3) is 5.91 Å². The molecule has 1 aliphatic heterocycles. The van der Waals surface area contributed by atoms with Crippen molar-refractivity contribution in [2.45, 2.75) is 58.6 Å². The van der Waals surface area contributed by atoms with E-state index >= 15 is 0 Å². The number of carbonyl (C=O) groups is 2. The third-order valence-corrected chi connectivity index (χ3v) is 3.09. The number of aliphatic hydroxyl groups is 1. The van der Waals surface area contributed by atoms with E-state index in [-0.39, 0.29) is 12.5 Å². The smallest absolute Gasteiger partial charge is 0.325 e. The molecule has 1 heterocycles. The third-order valence-electron chi connectivity index (χ3n) is 3.09. The summed E-state index contributed by atoms with van der Waals surface area (Å²) >= 11 is 0. The summed E-state index contributed by atoms with van der Waals surface area (Å²) in [5.41, 5.74) is -0.763. The first-order chi connectivity index (χ1) is 8.55. The minimum Gasteiger partial charge on any atom is -0.389 e. The Balaban J connectivity index is 2.76. The molecule has 1 fully saturated rings. The molecule has 0 bridgehead atoms. The number of β-amino-alcohol motifs (C(OH)–C–C–N with tert-alkyl or cyclic N) is 1. The van der Waals surface area contributed by atoms with Crippen LogP contribution in [0, 0.1) is 0 Å². The molecule has 1 rings (SSSR count). The summed E-state index contributed by atoms with van der Waals surface area (Å²) in [7, 11) is 0. The quantitative estimate of drug-likeness (QED) is 0.590. The van der Waals surface area contributed by atoms with Crippen LogP contribution in [0.5, 0.6) is 0 Å². The van der Waals surface area contributed by atoms with Crippen molar-refractivity contribution in [1.82, 2.24) is 10.2 Å². The number of nitrogens with one attached hydrogen (secondary N) is 1. The summed E-state index contributed by atoms with van der Waals surface area (Å²) in [5.74, 6) is -0.262. The van der Waals surface area contributed by atoms with Crippen LogP contribution in [0.2, 0.25) is 0 Å². The van der Waals surface area contributed by atoms with Crippen LogP contribution < -0.4 is 5.32 Å². The molecule has 5 nitrogen and oxygen atoms in total. The van der Waals surface area contributed by atoms with E-state index in [9.17, 15) is 14.7 Å². The van der Waals surface area contributed by atoms with E-state index < -0.39 is 17.2 Å². The van der Waals surface area contributed by atoms with Gasteiger partial charge in [-0.3, -0.25) is 9.69 Å². The SMILES string of the molecule is CC(C)=CCCC1(C)NC(=O)N(CC(C)(C)O)C1=O. The Morgan fingerprint density at radius 1 is 1.42 bits per heavy atom. The van der Waals surface area contributed by atoms with Crippen molar-refractivity contribution < 1.29 is 14.7 Å². The summed E-state index contributed by atoms with van der Waals surface area (Å²) in [6.45, 7) is 8.89. The normalized spacial score (nSPS) is 23.6. The van der Waals surface area contributed by atoms with Gasteiger partial charge in [-0.2, -0.15) is 0 Å². The Morgan fingerprint density at radius 3 is 2.47 bits per heavy atom. The van der Waals surface area contributed by atoms with Crippen molar-refractivity contribution in [2.75, 3.05) is 6.54 Å². The molecule has 0 spiro atoms. The first-order valence-electron chi connectivity index (χ1n) is 6.55. The molecule has 19 heavy (non-hydrogen) atoms. The number of allylic oxidation sites excluding steroid dienone is 2. The highest BCUT2D eigenvalue weighted by atomic mass is 16.3. The molecule has 2 N–H and O–H groups in total. The highest BCUT2D eigenvalue weighted by molar-refractivity contribution is 6.06. The predicted molar refractivity (Wildman–Crippen MR) is 73.6 cm³/mol. The molecular formula is C14H24N2O3. The van der Waals surface area contributed by atoms with Gasteiger partial charge in [-0.1, -0.05) is 11.6 Å². The number of imide groups is 1. The predicted octanol–water partition coefficient (Wildman–Crippen LogP) is 1.81. The van der Waals surface area contributed by atoms with E-state index in [0.29, 0.717) is 6.42 Å². The molecular weight excluding hydrogens is 244 g/mol. The zero-order chi connectivity index (χ0) is 14.8. The van der Waals surface area contributed by atoms with Crippen LogP contribution >= 0.6 is 0 Å². The Bertz CT molecular complexity index is 405. The second-order valence-electron chi connectivity index (χ2n) is 6.29. The maximum absolute atomic E-state index is 12.3. The van der Waals surface area contributed by atoms with Gasteiger partial charge in [0.1, 0.15) is 5.54 Å². The Hall–Kier alpha value is -1.36. The Labute approximate surface area is 114 Å². The van der Waals surface area contributed by atoms with Crippen molar-refractivity contribution >= 4 is 11.9 Å². The first-order valence-corrected chi connectivity index (χ1v) is 6.55. The maximum Gasteiger partial charge on any atom is 0.325 e. The van der Waals surface area contributed by atoms with Crippen LogP contribution in [0.4, 0.5) is 4.79 Å². The lowest BCUT2D eigenvalue weighted by Crippen LogP contribution is -2.45. The molecule has 0 radical (unpaired) electrons. The molecule has 3 amide bonds. The minimum absolute atomic E-state index is 0.00982. The van der Waals surface area contributed by atoms with Crippen LogP contribution in [0.1, 0.15) is 47.5 Å². The fourth-order valence-electron chi connectivity index (χ4n) is 2.10. The number of nitrogens with zero attached hydrogens (tertiary/aromatic N) is 1. The summed E-state index contributed by atoms with van der Waals surface area (Å²) in [6.07, 6.45) is 3.34. The van der Waals surface area contributed by atoms with E-state index in [0.717, 1.165) is 11.3 Å². The van der Waals surface area contributed by atoms with E-state index in [1.165, 1.54) is 5.57 Å². The fraction of sp³-hybridized carbons (Fsp3) is 0.714. The van der Waals surface area contributed by atoms with E-state index in [1.54, 1.807) is 20.8 Å². The van der Waals surface area contributed by atoms with Crippen molar-refractivity contribution in [3.8, 4) is 0 Å². The van der Waals surface area contributed by atoms with Crippen molar-refractivity contribution in [2.24, 2.45) is 0 Å². The minimum atomic E-state index is -1.09. The van der Waals surface area contributed by atoms with Crippen molar-refractivity contribution in [3.63, 3.8) is 0 Å². The second kappa shape index (κ2) is 5.33. The van der Waals surface area contributed by atoms with Crippen LogP contribution in [0.3, 0.4) is 0 Å². The summed E-state index contributed by atoms with van der Waals surface area (Å²) in [6, 6.07) is -0.424. The fourth-order valence-corrected chi connectivity index (χ4v) is 2.10. The lowest BCUT2D eigenvalue weighted by atomic mass is 9.95. The van der Waals surface area contributed by atoms with Crippen LogP contribution in [-0.4, -0.2) is 39.6 Å². The molecule has 0 saturated carbocycles. The molecule has 5 heteroatoms. The largest absolute Gasteiger partial charge is 0.389 e. The number of carbonyl (C=O) groups excluding carboxylic acids is 2. The zero-order valence-electron chi connectivity index (χ0n) is 12.4. The average Bonchev–Trinajstić information content (AvgIpc) is 2.40. The van der Waals surface area contributed by atoms with Gasteiger partial charge in [-0.25, -0.2) is 4.79 Å². The van der Waals surface area contributed by atoms with E-state index in [1.807, 2.05) is 19.9 Å². The standard InChI is InChI=1S/C14H24N2O3/c1-10(2)7-6-8-14(5)11(17)16(12(18)15-14)9-13(3,4)19/h7,19H,6,8-9H2,1-5H3,(H,15,18). The molecule has 0 aliphatic carbocycles. The number of amides is 3. The molecule has 0 aromatic heterocycles. The monoisotopic (exact) mass is 268 g/mol. The van der Waals surface area contributed by atoms with Crippen molar-refractivity contribution in [1.29, 1.82) is 0 Å². The highest BCUT2D eigenvalue weighted by Gasteiger charge is 2.48. The maximum atomic E-state index is 12.3. The van der Waals surface area contributed by atoms with Crippen LogP contribution in [0.15, 0.2) is 11.6 Å². The Kier molecular flexibility index (Phi) is 4.40. The molecule has 1 aliphatic rings. The summed E-state index contributed by atoms with van der Waals surface area (Å²) < 4.78 is 0. The van der Waals surface area contributed by atoms with Gasteiger partial charge in [-0.05, 0) is 47.5 Å². The molecule has 1 unspecified atom stereocenters. The zero-order valence-corrected chi connectivity index (χ0v) is 12.4.